The fourth-order valence-electron chi connectivity index (χ4n) is 1.62. The van der Waals surface area contributed by atoms with Crippen molar-refractivity contribution in [3.05, 3.63) is 48.5 Å². The number of thioether (sulfide) groups is 1. The Morgan fingerprint density at radius 3 is 2.31 bits per heavy atom. The van der Waals surface area contributed by atoms with Gasteiger partial charge in [-0.15, -0.1) is 11.8 Å². The maximum Gasteiger partial charge on any atom is 0.123 e. The van der Waals surface area contributed by atoms with Gasteiger partial charge in [-0.2, -0.15) is 0 Å². The van der Waals surface area contributed by atoms with Gasteiger partial charge >= 0.3 is 0 Å². The zero-order chi connectivity index (χ0) is 11.4. The van der Waals surface area contributed by atoms with Crippen LogP contribution in [-0.4, -0.2) is 10.9 Å². The zero-order valence-electron chi connectivity index (χ0n) is 9.18. The molecule has 0 spiro atoms. The van der Waals surface area contributed by atoms with Gasteiger partial charge < -0.3 is 5.11 Å². The molecule has 0 heterocycles. The van der Waals surface area contributed by atoms with E-state index in [1.54, 1.807) is 6.07 Å². The molecular weight excluding hydrogens is 216 g/mol. The fourth-order valence-corrected chi connectivity index (χ4v) is 2.28. The smallest absolute Gasteiger partial charge is 0.123 e. The van der Waals surface area contributed by atoms with Crippen LogP contribution in [0.15, 0.2) is 53.4 Å². The van der Waals surface area contributed by atoms with Crippen molar-refractivity contribution >= 4 is 11.8 Å². The maximum absolute atomic E-state index is 9.73. The number of hydrogen-bond donors (Lipinski definition) is 1. The Bertz CT molecular complexity index is 462. The summed E-state index contributed by atoms with van der Waals surface area (Å²) in [6.07, 6.45) is 0. The zero-order valence-corrected chi connectivity index (χ0v) is 10.00. The highest BCUT2D eigenvalue weighted by molar-refractivity contribution is 7.99. The number of aromatic hydroxyl groups is 1. The van der Waals surface area contributed by atoms with E-state index in [-0.39, 0.29) is 0 Å². The first-order valence-electron chi connectivity index (χ1n) is 5.32. The van der Waals surface area contributed by atoms with E-state index < -0.39 is 0 Å². The van der Waals surface area contributed by atoms with Crippen LogP contribution in [0.3, 0.4) is 0 Å². The molecule has 1 N–H and O–H groups in total. The molecule has 0 fully saturated rings. The summed E-state index contributed by atoms with van der Waals surface area (Å²) >= 11 is 1.82. The Kier molecular flexibility index (Phi) is 3.52. The minimum Gasteiger partial charge on any atom is -0.507 e. The Morgan fingerprint density at radius 1 is 1.00 bits per heavy atom. The Labute approximate surface area is 100 Å². The van der Waals surface area contributed by atoms with E-state index in [2.05, 4.69) is 19.1 Å². The van der Waals surface area contributed by atoms with E-state index in [1.165, 1.54) is 4.90 Å². The first-order valence-corrected chi connectivity index (χ1v) is 6.31. The number of para-hydroxylation sites is 1. The van der Waals surface area contributed by atoms with Crippen LogP contribution in [0.4, 0.5) is 0 Å². The van der Waals surface area contributed by atoms with Gasteiger partial charge in [0, 0.05) is 10.5 Å². The predicted octanol–water partition coefficient (Wildman–Crippen LogP) is 4.17. The maximum atomic E-state index is 9.73. The highest BCUT2D eigenvalue weighted by Crippen LogP contribution is 2.30. The normalized spacial score (nSPS) is 10.3. The first kappa shape index (κ1) is 11.1. The molecule has 0 aliphatic carbocycles. The van der Waals surface area contributed by atoms with Crippen LogP contribution in [-0.2, 0) is 0 Å². The molecule has 0 radical (unpaired) electrons. The third-order valence-corrected chi connectivity index (χ3v) is 3.27. The summed E-state index contributed by atoms with van der Waals surface area (Å²) in [5.74, 6) is 1.41. The van der Waals surface area contributed by atoms with Gasteiger partial charge in [0.2, 0.25) is 0 Å². The third-order valence-electron chi connectivity index (χ3n) is 2.38. The summed E-state index contributed by atoms with van der Waals surface area (Å²) in [4.78, 5) is 1.27. The minimum atomic E-state index is 0.332. The molecule has 0 unspecified atom stereocenters. The number of rotatable bonds is 3. The number of phenolic OH excluding ortho intramolecular Hbond substituents is 1. The number of phenols is 1. The molecule has 0 aliphatic heterocycles. The SMILES string of the molecule is CCSc1ccc(-c2ccccc2O)cc1. The molecule has 0 amide bonds. The molecule has 2 heteroatoms. The molecule has 0 atom stereocenters. The topological polar surface area (TPSA) is 20.2 Å². The highest BCUT2D eigenvalue weighted by atomic mass is 32.2. The Hall–Kier alpha value is -1.41. The molecule has 2 aromatic rings. The second-order valence-corrected chi connectivity index (χ2v) is 4.81. The summed E-state index contributed by atoms with van der Waals surface area (Å²) in [5.41, 5.74) is 1.94. The van der Waals surface area contributed by atoms with Crippen molar-refractivity contribution < 1.29 is 5.11 Å². The van der Waals surface area contributed by atoms with Crippen molar-refractivity contribution in [2.45, 2.75) is 11.8 Å². The van der Waals surface area contributed by atoms with E-state index in [4.69, 9.17) is 0 Å². The van der Waals surface area contributed by atoms with Crippen molar-refractivity contribution in [1.82, 2.24) is 0 Å². The van der Waals surface area contributed by atoms with E-state index in [1.807, 2.05) is 42.1 Å². The van der Waals surface area contributed by atoms with Crippen LogP contribution >= 0.6 is 11.8 Å². The Morgan fingerprint density at radius 2 is 1.69 bits per heavy atom. The summed E-state index contributed by atoms with van der Waals surface area (Å²) in [6.45, 7) is 2.14. The van der Waals surface area contributed by atoms with E-state index in [0.29, 0.717) is 5.75 Å². The minimum absolute atomic E-state index is 0.332. The van der Waals surface area contributed by atoms with Crippen LogP contribution in [0.2, 0.25) is 0 Å². The fraction of sp³-hybridized carbons (Fsp3) is 0.143. The van der Waals surface area contributed by atoms with Crippen molar-refractivity contribution in [2.75, 3.05) is 5.75 Å². The molecule has 0 bridgehead atoms. The van der Waals surface area contributed by atoms with Crippen LogP contribution < -0.4 is 0 Å². The molecule has 2 aromatic carbocycles. The lowest BCUT2D eigenvalue weighted by molar-refractivity contribution is 0.477. The van der Waals surface area contributed by atoms with Crippen molar-refractivity contribution in [3.8, 4) is 16.9 Å². The van der Waals surface area contributed by atoms with Gasteiger partial charge in [0.1, 0.15) is 5.75 Å². The molecule has 16 heavy (non-hydrogen) atoms. The first-order chi connectivity index (χ1) is 7.81. The summed E-state index contributed by atoms with van der Waals surface area (Å²) in [7, 11) is 0. The second-order valence-electron chi connectivity index (χ2n) is 3.47. The second kappa shape index (κ2) is 5.08. The van der Waals surface area contributed by atoms with Gasteiger partial charge in [-0.1, -0.05) is 37.3 Å². The third kappa shape index (κ3) is 2.39. The van der Waals surface area contributed by atoms with Crippen molar-refractivity contribution in [2.24, 2.45) is 0 Å². The molecule has 0 aliphatic rings. The number of benzene rings is 2. The predicted molar refractivity (Wildman–Crippen MR) is 69.9 cm³/mol. The van der Waals surface area contributed by atoms with Gasteiger partial charge in [0.15, 0.2) is 0 Å². The van der Waals surface area contributed by atoms with Crippen LogP contribution in [0.5, 0.6) is 5.75 Å². The quantitative estimate of drug-likeness (QED) is 0.798. The molecule has 0 saturated carbocycles. The lowest BCUT2D eigenvalue weighted by atomic mass is 10.1. The average Bonchev–Trinajstić information content (AvgIpc) is 2.31. The van der Waals surface area contributed by atoms with Gasteiger partial charge in [-0.05, 0) is 29.5 Å². The molecule has 0 saturated heterocycles. The largest absolute Gasteiger partial charge is 0.507 e. The van der Waals surface area contributed by atoms with Crippen LogP contribution in [0, 0.1) is 0 Å². The van der Waals surface area contributed by atoms with Crippen LogP contribution in [0.1, 0.15) is 6.92 Å². The highest BCUT2D eigenvalue weighted by Gasteiger charge is 2.02. The van der Waals surface area contributed by atoms with Gasteiger partial charge in [0.25, 0.3) is 0 Å². The van der Waals surface area contributed by atoms with E-state index in [0.717, 1.165) is 16.9 Å². The molecule has 82 valence electrons. The van der Waals surface area contributed by atoms with Gasteiger partial charge in [-0.25, -0.2) is 0 Å². The molecule has 2 rings (SSSR count). The monoisotopic (exact) mass is 230 g/mol. The van der Waals surface area contributed by atoms with Crippen LogP contribution in [0.25, 0.3) is 11.1 Å². The van der Waals surface area contributed by atoms with Gasteiger partial charge in [-0.3, -0.25) is 0 Å². The molecular formula is C14H14OS. The summed E-state index contributed by atoms with van der Waals surface area (Å²) in [6, 6.07) is 15.7. The summed E-state index contributed by atoms with van der Waals surface area (Å²) in [5, 5.41) is 9.73. The lowest BCUT2D eigenvalue weighted by Crippen LogP contribution is -1.79. The standard InChI is InChI=1S/C14H14OS/c1-2-16-12-9-7-11(8-10-12)13-5-3-4-6-14(13)15/h3-10,15H,2H2,1H3. The Balaban J connectivity index is 2.31. The summed E-state index contributed by atoms with van der Waals surface area (Å²) < 4.78 is 0. The number of hydrogen-bond acceptors (Lipinski definition) is 2. The lowest BCUT2D eigenvalue weighted by Gasteiger charge is -2.05. The van der Waals surface area contributed by atoms with Crippen molar-refractivity contribution in [3.63, 3.8) is 0 Å². The molecule has 0 aromatic heterocycles. The van der Waals surface area contributed by atoms with E-state index >= 15 is 0 Å². The van der Waals surface area contributed by atoms with Crippen molar-refractivity contribution in [1.29, 1.82) is 0 Å². The average molecular weight is 230 g/mol. The molecule has 1 nitrogen and oxygen atoms in total. The van der Waals surface area contributed by atoms with Gasteiger partial charge in [0.05, 0.1) is 0 Å². The van der Waals surface area contributed by atoms with E-state index in [9.17, 15) is 5.11 Å².